The van der Waals surface area contributed by atoms with E-state index in [0.29, 0.717) is 6.04 Å². The van der Waals surface area contributed by atoms with Gasteiger partial charge in [-0.3, -0.25) is 14.4 Å². The molecule has 1 aliphatic rings. The van der Waals surface area contributed by atoms with Crippen LogP contribution >= 0.6 is 0 Å². The van der Waals surface area contributed by atoms with Crippen LogP contribution in [0.2, 0.25) is 0 Å². The first-order valence-electron chi connectivity index (χ1n) is 8.72. The van der Waals surface area contributed by atoms with Crippen LogP contribution in [-0.2, 0) is 17.9 Å². The van der Waals surface area contributed by atoms with Crippen molar-refractivity contribution >= 4 is 5.97 Å². The fourth-order valence-electron chi connectivity index (χ4n) is 3.45. The largest absolute Gasteiger partial charge is 0.481 e. The number of likely N-dealkylation sites (tertiary alicyclic amines) is 1. The third-order valence-electron chi connectivity index (χ3n) is 4.75. The van der Waals surface area contributed by atoms with Crippen LogP contribution in [0.25, 0.3) is 0 Å². The number of piperidine rings is 1. The Kier molecular flexibility index (Phi) is 5.64. The minimum atomic E-state index is -0.691. The van der Waals surface area contributed by atoms with Crippen molar-refractivity contribution in [3.8, 4) is 0 Å². The van der Waals surface area contributed by atoms with Crippen LogP contribution in [0.5, 0.6) is 0 Å². The van der Waals surface area contributed by atoms with Gasteiger partial charge in [0.1, 0.15) is 0 Å². The Morgan fingerprint density at radius 2 is 1.92 bits per heavy atom. The topological polar surface area (TPSA) is 58.4 Å². The first-order valence-corrected chi connectivity index (χ1v) is 8.72. The van der Waals surface area contributed by atoms with Crippen molar-refractivity contribution in [2.45, 2.75) is 51.2 Å². The Labute approximate surface area is 142 Å². The lowest BCUT2D eigenvalue weighted by Gasteiger charge is -2.35. The highest BCUT2D eigenvalue weighted by atomic mass is 16.4. The number of carboxylic acid groups (broad SMARTS) is 1. The predicted octanol–water partition coefficient (Wildman–Crippen LogP) is 3.15. The molecule has 128 valence electrons. The van der Waals surface area contributed by atoms with Gasteiger partial charge in [-0.1, -0.05) is 30.7 Å². The molecule has 0 aliphatic carbocycles. The molecule has 1 aromatic carbocycles. The summed E-state index contributed by atoms with van der Waals surface area (Å²) in [6.45, 7) is 2.77. The van der Waals surface area contributed by atoms with Gasteiger partial charge >= 0.3 is 5.97 Å². The molecular formula is C19H25N3O2. The summed E-state index contributed by atoms with van der Waals surface area (Å²) in [5.74, 6) is -0.691. The van der Waals surface area contributed by atoms with Gasteiger partial charge in [-0.15, -0.1) is 0 Å². The van der Waals surface area contributed by atoms with Crippen LogP contribution < -0.4 is 0 Å². The summed E-state index contributed by atoms with van der Waals surface area (Å²) in [6, 6.07) is 11.0. The van der Waals surface area contributed by atoms with Crippen molar-refractivity contribution in [3.05, 3.63) is 53.9 Å². The van der Waals surface area contributed by atoms with E-state index in [0.717, 1.165) is 32.5 Å². The second-order valence-electron chi connectivity index (χ2n) is 6.57. The monoisotopic (exact) mass is 327 g/mol. The molecule has 1 aliphatic heterocycles. The number of hydrogen-bond donors (Lipinski definition) is 1. The third-order valence-corrected chi connectivity index (χ3v) is 4.75. The number of aromatic nitrogens is 2. The number of carbonyl (C=O) groups is 1. The first kappa shape index (κ1) is 16.7. The van der Waals surface area contributed by atoms with Gasteiger partial charge in [-0.2, -0.15) is 5.10 Å². The van der Waals surface area contributed by atoms with Crippen molar-refractivity contribution in [3.63, 3.8) is 0 Å². The minimum absolute atomic E-state index is 0.268. The van der Waals surface area contributed by atoms with Crippen LogP contribution in [-0.4, -0.2) is 38.3 Å². The summed E-state index contributed by atoms with van der Waals surface area (Å²) in [6.07, 6.45) is 8.32. The molecule has 24 heavy (non-hydrogen) atoms. The first-order chi connectivity index (χ1) is 11.7. The van der Waals surface area contributed by atoms with Crippen molar-refractivity contribution < 1.29 is 9.90 Å². The summed E-state index contributed by atoms with van der Waals surface area (Å²) in [5, 5.41) is 13.2. The van der Waals surface area contributed by atoms with Gasteiger partial charge in [0.15, 0.2) is 0 Å². The lowest BCUT2D eigenvalue weighted by molar-refractivity contribution is -0.137. The van der Waals surface area contributed by atoms with Gasteiger partial charge in [-0.25, -0.2) is 0 Å². The Balaban J connectivity index is 1.58. The second kappa shape index (κ2) is 8.11. The highest BCUT2D eigenvalue weighted by Gasteiger charge is 2.22. The third kappa shape index (κ3) is 4.68. The van der Waals surface area contributed by atoms with Gasteiger partial charge in [0.2, 0.25) is 0 Å². The van der Waals surface area contributed by atoms with Gasteiger partial charge in [0.25, 0.3) is 0 Å². The number of benzene rings is 1. The van der Waals surface area contributed by atoms with Gasteiger partial charge < -0.3 is 5.11 Å². The smallest absolute Gasteiger partial charge is 0.303 e. The van der Waals surface area contributed by atoms with Crippen molar-refractivity contribution in [2.75, 3.05) is 6.54 Å². The zero-order chi connectivity index (χ0) is 16.8. The molecule has 2 aromatic rings. The lowest BCUT2D eigenvalue weighted by Crippen LogP contribution is -2.39. The Morgan fingerprint density at radius 1 is 1.17 bits per heavy atom. The average Bonchev–Trinajstić information content (AvgIpc) is 3.09. The van der Waals surface area contributed by atoms with Crippen LogP contribution in [0.3, 0.4) is 0 Å². The SMILES string of the molecule is O=C(O)CCC1CCCCN1Cc1ccc(Cn2cccn2)cc1. The van der Waals surface area contributed by atoms with E-state index in [4.69, 9.17) is 5.11 Å². The zero-order valence-electron chi connectivity index (χ0n) is 14.0. The number of hydrogen-bond acceptors (Lipinski definition) is 3. The Hall–Kier alpha value is -2.14. The predicted molar refractivity (Wildman–Crippen MR) is 92.7 cm³/mol. The fraction of sp³-hybridized carbons (Fsp3) is 0.474. The second-order valence-corrected chi connectivity index (χ2v) is 6.57. The van der Waals surface area contributed by atoms with E-state index < -0.39 is 5.97 Å². The quantitative estimate of drug-likeness (QED) is 0.849. The van der Waals surface area contributed by atoms with E-state index in [1.54, 1.807) is 6.20 Å². The molecular weight excluding hydrogens is 302 g/mol. The highest BCUT2D eigenvalue weighted by Crippen LogP contribution is 2.23. The number of rotatable bonds is 7. The average molecular weight is 327 g/mol. The van der Waals surface area contributed by atoms with Crippen molar-refractivity contribution in [1.82, 2.24) is 14.7 Å². The molecule has 1 aromatic heterocycles. The fourth-order valence-corrected chi connectivity index (χ4v) is 3.45. The van der Waals surface area contributed by atoms with Crippen LogP contribution in [0, 0.1) is 0 Å². The Morgan fingerprint density at radius 3 is 2.58 bits per heavy atom. The van der Waals surface area contributed by atoms with E-state index in [-0.39, 0.29) is 6.42 Å². The van der Waals surface area contributed by atoms with E-state index in [9.17, 15) is 4.79 Å². The molecule has 1 unspecified atom stereocenters. The number of aliphatic carboxylic acids is 1. The zero-order valence-corrected chi connectivity index (χ0v) is 14.0. The van der Waals surface area contributed by atoms with E-state index >= 15 is 0 Å². The summed E-state index contributed by atoms with van der Waals surface area (Å²) in [4.78, 5) is 13.3. The van der Waals surface area contributed by atoms with E-state index in [2.05, 4.69) is 34.3 Å². The highest BCUT2D eigenvalue weighted by molar-refractivity contribution is 5.66. The number of carboxylic acids is 1. The van der Waals surface area contributed by atoms with Gasteiger partial charge in [0.05, 0.1) is 6.54 Å². The maximum Gasteiger partial charge on any atom is 0.303 e. The summed E-state index contributed by atoms with van der Waals surface area (Å²) in [5.41, 5.74) is 2.53. The molecule has 0 spiro atoms. The molecule has 1 atom stereocenters. The van der Waals surface area contributed by atoms with Gasteiger partial charge in [0, 0.05) is 31.4 Å². The van der Waals surface area contributed by atoms with E-state index in [1.165, 1.54) is 24.0 Å². The molecule has 3 rings (SSSR count). The van der Waals surface area contributed by atoms with Crippen LogP contribution in [0.1, 0.15) is 43.2 Å². The molecule has 0 bridgehead atoms. The molecule has 1 fully saturated rings. The van der Waals surface area contributed by atoms with Crippen LogP contribution in [0.4, 0.5) is 0 Å². The van der Waals surface area contributed by atoms with E-state index in [1.807, 2.05) is 16.9 Å². The molecule has 5 nitrogen and oxygen atoms in total. The molecule has 5 heteroatoms. The molecule has 2 heterocycles. The van der Waals surface area contributed by atoms with Gasteiger partial charge in [-0.05, 0) is 43.0 Å². The maximum absolute atomic E-state index is 10.8. The van der Waals surface area contributed by atoms with Crippen molar-refractivity contribution in [1.29, 1.82) is 0 Å². The molecule has 0 amide bonds. The van der Waals surface area contributed by atoms with Crippen molar-refractivity contribution in [2.24, 2.45) is 0 Å². The molecule has 0 saturated carbocycles. The molecule has 1 saturated heterocycles. The normalized spacial score (nSPS) is 18.6. The number of nitrogens with zero attached hydrogens (tertiary/aromatic N) is 3. The summed E-state index contributed by atoms with van der Waals surface area (Å²) < 4.78 is 1.92. The molecule has 0 radical (unpaired) electrons. The van der Waals surface area contributed by atoms with Crippen LogP contribution in [0.15, 0.2) is 42.7 Å². The Bertz CT molecular complexity index is 637. The maximum atomic E-state index is 10.8. The minimum Gasteiger partial charge on any atom is -0.481 e. The lowest BCUT2D eigenvalue weighted by atomic mass is 9.97. The molecule has 1 N–H and O–H groups in total. The summed E-state index contributed by atoms with van der Waals surface area (Å²) >= 11 is 0. The summed E-state index contributed by atoms with van der Waals surface area (Å²) in [7, 11) is 0. The standard InChI is InChI=1S/C19H25N3O2/c23-19(24)10-9-18-4-1-2-12-21(18)14-16-5-7-17(8-6-16)15-22-13-3-11-20-22/h3,5-8,11,13,18H,1-2,4,9-10,12,14-15H2,(H,23,24).